The van der Waals surface area contributed by atoms with Gasteiger partial charge in [0.05, 0.1) is 0 Å². The van der Waals surface area contributed by atoms with Gasteiger partial charge in [-0.2, -0.15) is 0 Å². The van der Waals surface area contributed by atoms with Gasteiger partial charge in [0.2, 0.25) is 0 Å². The van der Waals surface area contributed by atoms with Crippen LogP contribution in [0.25, 0.3) is 0 Å². The summed E-state index contributed by atoms with van der Waals surface area (Å²) in [7, 11) is 0. The third-order valence-corrected chi connectivity index (χ3v) is 4.04. The molecular formula is C13H20IN3. The first-order chi connectivity index (χ1) is 8.28. The Labute approximate surface area is 117 Å². The Morgan fingerprint density at radius 2 is 1.76 bits per heavy atom. The van der Waals surface area contributed by atoms with Gasteiger partial charge in [0, 0.05) is 59.9 Å². The molecule has 0 aliphatic carbocycles. The lowest BCUT2D eigenvalue weighted by Gasteiger charge is -2.28. The fraction of sp³-hybridized carbons (Fsp3) is 0.538. The minimum atomic E-state index is 0.631. The number of benzene rings is 1. The lowest BCUT2D eigenvalue weighted by atomic mass is 10.1. The number of hydrogen-bond donors (Lipinski definition) is 2. The maximum absolute atomic E-state index is 3.61. The summed E-state index contributed by atoms with van der Waals surface area (Å²) in [5.41, 5.74) is 2.43. The smallest absolute Gasteiger partial charge is 0.0343 e. The van der Waals surface area contributed by atoms with Crippen LogP contribution in [0.15, 0.2) is 24.3 Å². The quantitative estimate of drug-likeness (QED) is 0.647. The molecule has 0 saturated carbocycles. The van der Waals surface area contributed by atoms with E-state index in [-0.39, 0.29) is 0 Å². The molecule has 0 aromatic heterocycles. The largest absolute Gasteiger partial charge is 0.385 e. The molecule has 2 N–H and O–H groups in total. The Morgan fingerprint density at radius 1 is 1.18 bits per heavy atom. The highest BCUT2D eigenvalue weighted by Crippen LogP contribution is 2.19. The lowest BCUT2D eigenvalue weighted by molar-refractivity contribution is 0.382. The summed E-state index contributed by atoms with van der Waals surface area (Å²) in [5.74, 6) is 0. The molecule has 94 valence electrons. The van der Waals surface area contributed by atoms with Crippen molar-refractivity contribution in [1.29, 1.82) is 0 Å². The zero-order valence-corrected chi connectivity index (χ0v) is 12.4. The number of rotatable bonds is 4. The van der Waals surface area contributed by atoms with Gasteiger partial charge in [0.15, 0.2) is 0 Å². The van der Waals surface area contributed by atoms with Crippen LogP contribution >= 0.6 is 22.9 Å². The van der Waals surface area contributed by atoms with Crippen molar-refractivity contribution in [1.82, 2.24) is 3.11 Å². The predicted octanol–water partition coefficient (Wildman–Crippen LogP) is 3.34. The number of nitrogens with zero attached hydrogens (tertiary/aromatic N) is 1. The van der Waals surface area contributed by atoms with Crippen LogP contribution < -0.4 is 10.6 Å². The molecule has 0 spiro atoms. The molecule has 1 aromatic carbocycles. The minimum Gasteiger partial charge on any atom is -0.385 e. The van der Waals surface area contributed by atoms with E-state index in [1.807, 2.05) is 0 Å². The van der Waals surface area contributed by atoms with Crippen molar-refractivity contribution < 1.29 is 0 Å². The average molecular weight is 345 g/mol. The molecular weight excluding hydrogens is 325 g/mol. The Kier molecular flexibility index (Phi) is 4.91. The van der Waals surface area contributed by atoms with Crippen molar-refractivity contribution in [3.63, 3.8) is 0 Å². The second-order valence-electron chi connectivity index (χ2n) is 4.44. The third kappa shape index (κ3) is 4.03. The second kappa shape index (κ2) is 6.44. The van der Waals surface area contributed by atoms with Crippen molar-refractivity contribution in [2.24, 2.45) is 0 Å². The Hall–Kier alpha value is -0.490. The van der Waals surface area contributed by atoms with Crippen LogP contribution in [0.3, 0.4) is 0 Å². The summed E-state index contributed by atoms with van der Waals surface area (Å²) in [5, 5.41) is 6.92. The molecule has 0 atom stereocenters. The van der Waals surface area contributed by atoms with Crippen molar-refractivity contribution in [3.05, 3.63) is 24.3 Å². The molecule has 17 heavy (non-hydrogen) atoms. The van der Waals surface area contributed by atoms with E-state index in [1.54, 1.807) is 0 Å². The van der Waals surface area contributed by atoms with E-state index in [1.165, 1.54) is 37.3 Å². The predicted molar refractivity (Wildman–Crippen MR) is 82.8 cm³/mol. The highest BCUT2D eigenvalue weighted by atomic mass is 127. The van der Waals surface area contributed by atoms with E-state index in [0.29, 0.717) is 6.04 Å². The van der Waals surface area contributed by atoms with Gasteiger partial charge in [-0.15, -0.1) is 0 Å². The Morgan fingerprint density at radius 3 is 2.35 bits per heavy atom. The van der Waals surface area contributed by atoms with Gasteiger partial charge < -0.3 is 10.6 Å². The molecule has 2 rings (SSSR count). The summed E-state index contributed by atoms with van der Waals surface area (Å²) in [4.78, 5) is 0. The molecule has 4 heteroatoms. The maximum atomic E-state index is 3.61. The van der Waals surface area contributed by atoms with Crippen molar-refractivity contribution in [2.45, 2.75) is 25.8 Å². The molecule has 0 amide bonds. The molecule has 1 aromatic rings. The standard InChI is InChI=1S/C13H20IN3/c1-2-15-11-3-5-12(6-4-11)16-13-7-9-17(14)10-8-13/h3-6,13,15-16H,2,7-10H2,1H3. The van der Waals surface area contributed by atoms with Gasteiger partial charge in [0.25, 0.3) is 0 Å². The lowest BCUT2D eigenvalue weighted by Crippen LogP contribution is -2.33. The van der Waals surface area contributed by atoms with Gasteiger partial charge in [0.1, 0.15) is 0 Å². The first-order valence-corrected chi connectivity index (χ1v) is 7.25. The normalized spacial score (nSPS) is 18.0. The Bertz CT molecular complexity index is 331. The molecule has 0 bridgehead atoms. The Balaban J connectivity index is 1.86. The zero-order valence-electron chi connectivity index (χ0n) is 10.2. The highest BCUT2D eigenvalue weighted by Gasteiger charge is 2.16. The fourth-order valence-corrected chi connectivity index (χ4v) is 2.67. The van der Waals surface area contributed by atoms with Gasteiger partial charge >= 0.3 is 0 Å². The number of nitrogens with one attached hydrogen (secondary N) is 2. The van der Waals surface area contributed by atoms with E-state index in [9.17, 15) is 0 Å². The van der Waals surface area contributed by atoms with Gasteiger partial charge in [-0.05, 0) is 44.0 Å². The molecule has 0 unspecified atom stereocenters. The van der Waals surface area contributed by atoms with Crippen molar-refractivity contribution in [2.75, 3.05) is 30.3 Å². The summed E-state index contributed by atoms with van der Waals surface area (Å²) in [6.45, 7) is 5.46. The zero-order chi connectivity index (χ0) is 12.1. The molecule has 1 heterocycles. The maximum Gasteiger partial charge on any atom is 0.0343 e. The van der Waals surface area contributed by atoms with Crippen molar-refractivity contribution in [3.8, 4) is 0 Å². The number of piperidine rings is 1. The number of halogens is 1. The molecule has 1 saturated heterocycles. The summed E-state index contributed by atoms with van der Waals surface area (Å²) in [6.07, 6.45) is 2.47. The van der Waals surface area contributed by atoms with E-state index in [0.717, 1.165) is 6.54 Å². The first kappa shape index (κ1) is 13.0. The van der Waals surface area contributed by atoms with Crippen LogP contribution in [-0.2, 0) is 0 Å². The van der Waals surface area contributed by atoms with E-state index < -0.39 is 0 Å². The number of hydrogen-bond acceptors (Lipinski definition) is 3. The van der Waals surface area contributed by atoms with Crippen LogP contribution in [0.5, 0.6) is 0 Å². The molecule has 0 radical (unpaired) electrons. The van der Waals surface area contributed by atoms with Crippen LogP contribution in [0.1, 0.15) is 19.8 Å². The fourth-order valence-electron chi connectivity index (χ4n) is 2.12. The third-order valence-electron chi connectivity index (χ3n) is 3.08. The highest BCUT2D eigenvalue weighted by molar-refractivity contribution is 14.1. The SMILES string of the molecule is CCNc1ccc(NC2CCN(I)CC2)cc1. The first-order valence-electron chi connectivity index (χ1n) is 6.29. The molecule has 1 aliphatic heterocycles. The second-order valence-corrected chi connectivity index (χ2v) is 5.80. The van der Waals surface area contributed by atoms with Crippen molar-refractivity contribution >= 4 is 34.2 Å². The van der Waals surface area contributed by atoms with Gasteiger partial charge in [-0.1, -0.05) is 0 Å². The molecule has 3 nitrogen and oxygen atoms in total. The van der Waals surface area contributed by atoms with Crippen LogP contribution in [0.2, 0.25) is 0 Å². The topological polar surface area (TPSA) is 27.3 Å². The summed E-state index contributed by atoms with van der Waals surface area (Å²) < 4.78 is 2.37. The van der Waals surface area contributed by atoms with E-state index >= 15 is 0 Å². The van der Waals surface area contributed by atoms with E-state index in [2.05, 4.69) is 67.8 Å². The molecule has 1 fully saturated rings. The summed E-state index contributed by atoms with van der Waals surface area (Å²) in [6, 6.07) is 9.23. The average Bonchev–Trinajstić information content (AvgIpc) is 2.35. The van der Waals surface area contributed by atoms with Gasteiger partial charge in [-0.3, -0.25) is 0 Å². The van der Waals surface area contributed by atoms with Gasteiger partial charge in [-0.25, -0.2) is 3.11 Å². The molecule has 1 aliphatic rings. The van der Waals surface area contributed by atoms with Crippen LogP contribution in [-0.4, -0.2) is 28.8 Å². The van der Waals surface area contributed by atoms with Crippen LogP contribution in [0.4, 0.5) is 11.4 Å². The van der Waals surface area contributed by atoms with Crippen LogP contribution in [0, 0.1) is 0 Å². The minimum absolute atomic E-state index is 0.631. The summed E-state index contributed by atoms with van der Waals surface area (Å²) >= 11 is 2.41. The monoisotopic (exact) mass is 345 g/mol. The van der Waals surface area contributed by atoms with E-state index in [4.69, 9.17) is 0 Å². The number of anilines is 2.